The molecule has 4 nitrogen and oxygen atoms in total. The molecule has 0 aliphatic carbocycles. The molecule has 1 amide bonds. The largest absolute Gasteiger partial charge is 0.341 e. The summed E-state index contributed by atoms with van der Waals surface area (Å²) in [5.41, 5.74) is 5.36. The van der Waals surface area contributed by atoms with Gasteiger partial charge in [-0.1, -0.05) is 13.8 Å². The van der Waals surface area contributed by atoms with E-state index in [0.29, 0.717) is 0 Å². The van der Waals surface area contributed by atoms with Gasteiger partial charge >= 0.3 is 0 Å². The van der Waals surface area contributed by atoms with Gasteiger partial charge in [-0.3, -0.25) is 9.59 Å². The molecule has 0 radical (unpaired) electrons. The number of Topliss-reactive ketones (excluding diaryl/α,β-unsaturated/α-hetero) is 1. The highest BCUT2D eigenvalue weighted by Crippen LogP contribution is 2.06. The molecule has 3 N–H and O–H groups in total. The van der Waals surface area contributed by atoms with Gasteiger partial charge in [0.15, 0.2) is 0 Å². The number of ketones is 1. The Morgan fingerprint density at radius 3 is 1.92 bits per heavy atom. The lowest BCUT2D eigenvalue weighted by atomic mass is 9.96. The molecule has 0 aromatic heterocycles. The zero-order chi connectivity index (χ0) is 10.6. The smallest absolute Gasteiger partial charge is 0.231 e. The molecule has 0 heterocycles. The maximum absolute atomic E-state index is 11.4. The van der Waals surface area contributed by atoms with Crippen molar-refractivity contribution >= 4 is 11.7 Å². The lowest BCUT2D eigenvalue weighted by Gasteiger charge is -2.14. The van der Waals surface area contributed by atoms with E-state index in [2.05, 4.69) is 5.32 Å². The van der Waals surface area contributed by atoms with Gasteiger partial charge in [0, 0.05) is 5.92 Å². The fourth-order valence-corrected chi connectivity index (χ4v) is 0.979. The molecule has 0 aromatic rings. The van der Waals surface area contributed by atoms with Gasteiger partial charge in [0.2, 0.25) is 5.91 Å². The maximum Gasteiger partial charge on any atom is 0.231 e. The zero-order valence-electron chi connectivity index (χ0n) is 8.63. The summed E-state index contributed by atoms with van der Waals surface area (Å²) in [5.74, 6) is -1.08. The second-order valence-corrected chi connectivity index (χ2v) is 3.58. The van der Waals surface area contributed by atoms with Crippen LogP contribution in [0.3, 0.4) is 0 Å². The summed E-state index contributed by atoms with van der Waals surface area (Å²) >= 11 is 0. The average Bonchev–Trinajstić information content (AvgIpc) is 2.00. The van der Waals surface area contributed by atoms with Gasteiger partial charge in [-0.2, -0.15) is 0 Å². The lowest BCUT2D eigenvalue weighted by molar-refractivity contribution is -0.135. The van der Waals surface area contributed by atoms with Gasteiger partial charge in [-0.15, -0.1) is 0 Å². The van der Waals surface area contributed by atoms with Crippen molar-refractivity contribution in [3.8, 4) is 0 Å². The molecule has 76 valence electrons. The Morgan fingerprint density at radius 2 is 1.62 bits per heavy atom. The highest BCUT2D eigenvalue weighted by Gasteiger charge is 2.23. The minimum Gasteiger partial charge on any atom is -0.341 e. The summed E-state index contributed by atoms with van der Waals surface area (Å²) < 4.78 is 0. The van der Waals surface area contributed by atoms with Crippen molar-refractivity contribution in [2.75, 3.05) is 0 Å². The molecule has 0 rings (SSSR count). The lowest BCUT2D eigenvalue weighted by Crippen LogP contribution is -2.44. The Bertz CT molecular complexity index is 200. The quantitative estimate of drug-likeness (QED) is 0.489. The third-order valence-electron chi connectivity index (χ3n) is 1.76. The monoisotopic (exact) mass is 186 g/mol. The fourth-order valence-electron chi connectivity index (χ4n) is 0.979. The normalized spacial score (nSPS) is 15.2. The van der Waals surface area contributed by atoms with Crippen molar-refractivity contribution in [1.82, 2.24) is 5.32 Å². The number of rotatable bonds is 4. The Kier molecular flexibility index (Phi) is 4.62. The van der Waals surface area contributed by atoms with E-state index < -0.39 is 12.1 Å². The Labute approximate surface area is 78.9 Å². The van der Waals surface area contributed by atoms with E-state index in [-0.39, 0.29) is 17.6 Å². The minimum atomic E-state index is -0.606. The van der Waals surface area contributed by atoms with Crippen LogP contribution in [0.4, 0.5) is 0 Å². The van der Waals surface area contributed by atoms with Crippen LogP contribution in [0.5, 0.6) is 0 Å². The number of amides is 1. The molecular formula is C9H18N2O2. The van der Waals surface area contributed by atoms with E-state index in [1.165, 1.54) is 0 Å². The first-order valence-corrected chi connectivity index (χ1v) is 4.46. The number of hydrogen-bond donors (Lipinski definition) is 2. The third-order valence-corrected chi connectivity index (χ3v) is 1.76. The van der Waals surface area contributed by atoms with Crippen molar-refractivity contribution in [3.63, 3.8) is 0 Å². The average molecular weight is 186 g/mol. The number of nitrogens with two attached hydrogens (primary N) is 1. The highest BCUT2D eigenvalue weighted by molar-refractivity contribution is 6.01. The van der Waals surface area contributed by atoms with E-state index >= 15 is 0 Å². The Hall–Kier alpha value is -0.900. The summed E-state index contributed by atoms with van der Waals surface area (Å²) in [4.78, 5) is 22.7. The third kappa shape index (κ3) is 4.03. The molecule has 0 spiro atoms. The maximum atomic E-state index is 11.4. The summed E-state index contributed by atoms with van der Waals surface area (Å²) in [6.07, 6.45) is -0.407. The van der Waals surface area contributed by atoms with Gasteiger partial charge in [-0.05, 0) is 13.8 Å². The molecule has 0 saturated carbocycles. The summed E-state index contributed by atoms with van der Waals surface area (Å²) in [6.45, 7) is 6.81. The minimum absolute atomic E-state index is 0.0573. The highest BCUT2D eigenvalue weighted by atomic mass is 16.2. The first-order chi connectivity index (χ1) is 5.86. The van der Waals surface area contributed by atoms with Crippen LogP contribution in [0.1, 0.15) is 27.7 Å². The van der Waals surface area contributed by atoms with Crippen LogP contribution < -0.4 is 11.1 Å². The molecule has 0 fully saturated rings. The molecule has 2 atom stereocenters. The van der Waals surface area contributed by atoms with Gasteiger partial charge in [0.1, 0.15) is 5.78 Å². The van der Waals surface area contributed by atoms with Crippen LogP contribution >= 0.6 is 0 Å². The fraction of sp³-hybridized carbons (Fsp3) is 0.778. The number of nitrogens with one attached hydrogen (secondary N) is 1. The van der Waals surface area contributed by atoms with Crippen molar-refractivity contribution in [2.45, 2.75) is 33.9 Å². The van der Waals surface area contributed by atoms with Gasteiger partial charge in [0.05, 0.1) is 12.1 Å². The second-order valence-electron chi connectivity index (χ2n) is 3.58. The molecule has 0 aliphatic rings. The topological polar surface area (TPSA) is 72.2 Å². The molecule has 0 unspecified atom stereocenters. The number of hydrogen-bond acceptors (Lipinski definition) is 3. The van der Waals surface area contributed by atoms with Crippen LogP contribution in [0.2, 0.25) is 0 Å². The summed E-state index contributed by atoms with van der Waals surface area (Å²) in [7, 11) is 0. The predicted molar refractivity (Wildman–Crippen MR) is 50.8 cm³/mol. The molecule has 0 bridgehead atoms. The molecular weight excluding hydrogens is 168 g/mol. The van der Waals surface area contributed by atoms with Gasteiger partial charge < -0.3 is 11.1 Å². The van der Waals surface area contributed by atoms with Crippen LogP contribution in [0, 0.1) is 11.8 Å². The molecule has 0 aliphatic heterocycles. The first-order valence-electron chi connectivity index (χ1n) is 4.46. The molecule has 0 saturated heterocycles. The van der Waals surface area contributed by atoms with Gasteiger partial charge in [0.25, 0.3) is 0 Å². The van der Waals surface area contributed by atoms with Crippen molar-refractivity contribution in [3.05, 3.63) is 0 Å². The van der Waals surface area contributed by atoms with Crippen molar-refractivity contribution in [1.29, 1.82) is 0 Å². The zero-order valence-corrected chi connectivity index (χ0v) is 8.63. The SMILES string of the molecule is CC(C)C(=O)[C@H](C)C(=O)N[C@H](C)N. The second kappa shape index (κ2) is 4.97. The predicted octanol–water partition coefficient (Wildman–Crippen LogP) is 0.269. The number of carbonyl (C=O) groups is 2. The van der Waals surface area contributed by atoms with E-state index in [0.717, 1.165) is 0 Å². The first kappa shape index (κ1) is 12.1. The molecule has 0 aromatic carbocycles. The van der Waals surface area contributed by atoms with Crippen molar-refractivity contribution in [2.24, 2.45) is 17.6 Å². The molecule has 13 heavy (non-hydrogen) atoms. The van der Waals surface area contributed by atoms with Crippen LogP contribution in [-0.4, -0.2) is 17.9 Å². The molecule has 4 heteroatoms. The van der Waals surface area contributed by atoms with Crippen LogP contribution in [-0.2, 0) is 9.59 Å². The summed E-state index contributed by atoms with van der Waals surface area (Å²) in [5, 5.41) is 2.50. The van der Waals surface area contributed by atoms with E-state index in [1.807, 2.05) is 0 Å². The van der Waals surface area contributed by atoms with Gasteiger partial charge in [-0.25, -0.2) is 0 Å². The Morgan fingerprint density at radius 1 is 1.15 bits per heavy atom. The Balaban J connectivity index is 4.18. The van der Waals surface area contributed by atoms with Crippen LogP contribution in [0.25, 0.3) is 0 Å². The van der Waals surface area contributed by atoms with Crippen LogP contribution in [0.15, 0.2) is 0 Å². The van der Waals surface area contributed by atoms with E-state index in [9.17, 15) is 9.59 Å². The standard InChI is InChI=1S/C9H18N2O2/c1-5(2)8(12)6(3)9(13)11-7(4)10/h5-7H,10H2,1-4H3,(H,11,13)/t6-,7+/m0/s1. The summed E-state index contributed by atoms with van der Waals surface area (Å²) in [6, 6.07) is 0. The van der Waals surface area contributed by atoms with Crippen molar-refractivity contribution < 1.29 is 9.59 Å². The van der Waals surface area contributed by atoms with E-state index in [4.69, 9.17) is 5.73 Å². The number of carbonyl (C=O) groups excluding carboxylic acids is 2. The van der Waals surface area contributed by atoms with E-state index in [1.54, 1.807) is 27.7 Å².